The molecule has 0 unspecified atom stereocenters. The summed E-state index contributed by atoms with van der Waals surface area (Å²) in [5, 5.41) is 6.42. The van der Waals surface area contributed by atoms with E-state index in [1.165, 1.54) is 6.42 Å². The summed E-state index contributed by atoms with van der Waals surface area (Å²) in [6.07, 6.45) is 15.1. The van der Waals surface area contributed by atoms with E-state index < -0.39 is 29.6 Å². The third kappa shape index (κ3) is 3.06. The van der Waals surface area contributed by atoms with Gasteiger partial charge in [0.1, 0.15) is 11.6 Å². The van der Waals surface area contributed by atoms with E-state index in [4.69, 9.17) is 4.74 Å². The van der Waals surface area contributed by atoms with Crippen molar-refractivity contribution in [2.75, 3.05) is 0 Å². The standard InChI is InChI=1S/C24H33N3O4/c28-21(25-14-6-2-1-3-7-14)18-17-12-13-24(31-17)19(18)23(30)27(16-10-11-16)20(24)22(29)26-15-8-4-5-9-15/h12-20H,1-11H2,(H,25,28)(H,26,29)/t17-,18-,19-,20+,24-/m0/s1. The number of hydrogen-bond donors (Lipinski definition) is 2. The van der Waals surface area contributed by atoms with E-state index in [1.807, 2.05) is 12.2 Å². The van der Waals surface area contributed by atoms with Crippen LogP contribution in [0.25, 0.3) is 0 Å². The first-order chi connectivity index (χ1) is 15.1. The van der Waals surface area contributed by atoms with Crippen molar-refractivity contribution in [2.24, 2.45) is 11.8 Å². The number of ether oxygens (including phenoxy) is 1. The van der Waals surface area contributed by atoms with Crippen molar-refractivity contribution in [3.05, 3.63) is 12.2 Å². The highest BCUT2D eigenvalue weighted by Crippen LogP contribution is 2.57. The molecule has 0 aromatic rings. The van der Waals surface area contributed by atoms with Crippen LogP contribution in [0, 0.1) is 11.8 Å². The van der Waals surface area contributed by atoms with E-state index in [1.54, 1.807) is 4.90 Å². The quantitative estimate of drug-likeness (QED) is 0.655. The largest absolute Gasteiger partial charge is 0.359 e. The minimum atomic E-state index is -0.998. The molecular formula is C24H33N3O4. The fourth-order valence-electron chi connectivity index (χ4n) is 6.85. The van der Waals surface area contributed by atoms with Gasteiger partial charge in [0.2, 0.25) is 17.7 Å². The summed E-state index contributed by atoms with van der Waals surface area (Å²) in [7, 11) is 0. The lowest BCUT2D eigenvalue weighted by molar-refractivity contribution is -0.142. The lowest BCUT2D eigenvalue weighted by Gasteiger charge is -2.33. The number of amides is 3. The summed E-state index contributed by atoms with van der Waals surface area (Å²) < 4.78 is 6.39. The molecule has 31 heavy (non-hydrogen) atoms. The van der Waals surface area contributed by atoms with E-state index in [9.17, 15) is 14.4 Å². The Morgan fingerprint density at radius 3 is 2.16 bits per heavy atom. The zero-order chi connectivity index (χ0) is 21.2. The van der Waals surface area contributed by atoms with Gasteiger partial charge in [0.25, 0.3) is 0 Å². The Bertz CT molecular complexity index is 812. The Balaban J connectivity index is 1.28. The van der Waals surface area contributed by atoms with Crippen LogP contribution in [0.4, 0.5) is 0 Å². The molecule has 6 rings (SSSR count). The van der Waals surface area contributed by atoms with Crippen molar-refractivity contribution >= 4 is 17.7 Å². The molecule has 7 nitrogen and oxygen atoms in total. The molecule has 0 aromatic carbocycles. The Morgan fingerprint density at radius 2 is 1.52 bits per heavy atom. The number of carbonyl (C=O) groups is 3. The van der Waals surface area contributed by atoms with Crippen molar-refractivity contribution in [3.8, 4) is 0 Å². The molecule has 2 saturated heterocycles. The Hall–Kier alpha value is -1.89. The summed E-state index contributed by atoms with van der Waals surface area (Å²) in [5.74, 6) is -1.37. The van der Waals surface area contributed by atoms with Crippen LogP contribution < -0.4 is 10.6 Å². The molecule has 0 radical (unpaired) electrons. The first-order valence-corrected chi connectivity index (χ1v) is 12.4. The van der Waals surface area contributed by atoms with Gasteiger partial charge in [0.15, 0.2) is 0 Å². The van der Waals surface area contributed by atoms with Gasteiger partial charge in [0, 0.05) is 18.1 Å². The van der Waals surface area contributed by atoms with E-state index >= 15 is 0 Å². The molecule has 1 spiro atoms. The Kier molecular flexibility index (Phi) is 4.67. The van der Waals surface area contributed by atoms with Gasteiger partial charge < -0.3 is 20.3 Å². The van der Waals surface area contributed by atoms with Crippen LogP contribution >= 0.6 is 0 Å². The maximum absolute atomic E-state index is 13.7. The van der Waals surface area contributed by atoms with Gasteiger partial charge in [-0.1, -0.05) is 44.3 Å². The SMILES string of the molecule is O=C(NC1CCCCC1)[C@H]1[C@@H]2C=C[C@]3(O2)[C@@H]1C(=O)N(C1CC1)[C@@H]3C(=O)NC1CCCC1. The predicted octanol–water partition coefficient (Wildman–Crippen LogP) is 1.81. The average molecular weight is 428 g/mol. The smallest absolute Gasteiger partial charge is 0.246 e. The zero-order valence-electron chi connectivity index (χ0n) is 18.1. The van der Waals surface area contributed by atoms with Gasteiger partial charge in [-0.25, -0.2) is 0 Å². The van der Waals surface area contributed by atoms with Crippen LogP contribution in [0.1, 0.15) is 70.6 Å². The lowest BCUT2D eigenvalue weighted by atomic mass is 9.74. The monoisotopic (exact) mass is 427 g/mol. The number of hydrogen-bond acceptors (Lipinski definition) is 4. The number of carbonyl (C=O) groups excluding carboxylic acids is 3. The second-order valence-corrected chi connectivity index (χ2v) is 10.5. The predicted molar refractivity (Wildman–Crippen MR) is 113 cm³/mol. The van der Waals surface area contributed by atoms with Crippen LogP contribution in [0.3, 0.4) is 0 Å². The van der Waals surface area contributed by atoms with Crippen molar-refractivity contribution in [1.82, 2.24) is 15.5 Å². The highest BCUT2D eigenvalue weighted by Gasteiger charge is 2.74. The molecule has 5 atom stereocenters. The topological polar surface area (TPSA) is 87.7 Å². The summed E-state index contributed by atoms with van der Waals surface area (Å²) in [4.78, 5) is 42.3. The zero-order valence-corrected chi connectivity index (χ0v) is 18.1. The molecule has 168 valence electrons. The summed E-state index contributed by atoms with van der Waals surface area (Å²) in [6.45, 7) is 0. The lowest BCUT2D eigenvalue weighted by Crippen LogP contribution is -2.56. The van der Waals surface area contributed by atoms with E-state index in [0.29, 0.717) is 0 Å². The normalized spacial score (nSPS) is 39.9. The summed E-state index contributed by atoms with van der Waals surface area (Å²) in [6, 6.07) is -0.179. The summed E-state index contributed by atoms with van der Waals surface area (Å²) >= 11 is 0. The molecule has 3 saturated carbocycles. The van der Waals surface area contributed by atoms with E-state index in [0.717, 1.165) is 64.2 Å². The van der Waals surface area contributed by atoms with Crippen LogP contribution in [0.2, 0.25) is 0 Å². The first kappa shape index (κ1) is 19.8. The molecule has 3 aliphatic heterocycles. The summed E-state index contributed by atoms with van der Waals surface area (Å²) in [5.41, 5.74) is -0.998. The maximum atomic E-state index is 13.7. The third-order valence-corrected chi connectivity index (χ3v) is 8.46. The van der Waals surface area contributed by atoms with E-state index in [-0.39, 0.29) is 35.8 Å². The fraction of sp³-hybridized carbons (Fsp3) is 0.792. The van der Waals surface area contributed by atoms with Crippen molar-refractivity contribution in [2.45, 2.75) is 107 Å². The molecule has 3 heterocycles. The third-order valence-electron chi connectivity index (χ3n) is 8.46. The molecule has 5 fully saturated rings. The van der Waals surface area contributed by atoms with E-state index in [2.05, 4.69) is 10.6 Å². The average Bonchev–Trinajstić information content (AvgIpc) is 3.11. The van der Waals surface area contributed by atoms with Crippen LogP contribution in [-0.4, -0.2) is 58.5 Å². The van der Waals surface area contributed by atoms with Gasteiger partial charge in [-0.2, -0.15) is 0 Å². The van der Waals surface area contributed by atoms with Crippen LogP contribution in [0.5, 0.6) is 0 Å². The van der Waals surface area contributed by atoms with Crippen molar-refractivity contribution in [1.29, 1.82) is 0 Å². The second kappa shape index (κ2) is 7.32. The first-order valence-electron chi connectivity index (χ1n) is 12.4. The van der Waals surface area contributed by atoms with Gasteiger partial charge in [0.05, 0.1) is 17.9 Å². The van der Waals surface area contributed by atoms with Crippen LogP contribution in [0.15, 0.2) is 12.2 Å². The number of rotatable bonds is 5. The molecule has 7 heteroatoms. The number of nitrogens with one attached hydrogen (secondary N) is 2. The minimum absolute atomic E-state index is 0.0651. The van der Waals surface area contributed by atoms with Gasteiger partial charge in [-0.15, -0.1) is 0 Å². The van der Waals surface area contributed by atoms with Crippen molar-refractivity contribution in [3.63, 3.8) is 0 Å². The fourth-order valence-corrected chi connectivity index (χ4v) is 6.85. The highest BCUT2D eigenvalue weighted by atomic mass is 16.5. The Labute approximate surface area is 183 Å². The molecule has 2 bridgehead atoms. The molecule has 3 aliphatic carbocycles. The number of fused-ring (bicyclic) bond motifs is 1. The van der Waals surface area contributed by atoms with Crippen LogP contribution in [-0.2, 0) is 19.1 Å². The Morgan fingerprint density at radius 1 is 0.903 bits per heavy atom. The number of likely N-dealkylation sites (tertiary alicyclic amines) is 1. The van der Waals surface area contributed by atoms with Crippen molar-refractivity contribution < 1.29 is 19.1 Å². The number of nitrogens with zero attached hydrogens (tertiary/aromatic N) is 1. The van der Waals surface area contributed by atoms with Gasteiger partial charge in [-0.3, -0.25) is 14.4 Å². The molecule has 0 aromatic heterocycles. The molecule has 6 aliphatic rings. The molecular weight excluding hydrogens is 394 g/mol. The highest BCUT2D eigenvalue weighted by molar-refractivity contribution is 6.00. The second-order valence-electron chi connectivity index (χ2n) is 10.5. The van der Waals surface area contributed by atoms with Gasteiger partial charge in [-0.05, 0) is 38.5 Å². The molecule has 2 N–H and O–H groups in total. The van der Waals surface area contributed by atoms with Gasteiger partial charge >= 0.3 is 0 Å². The maximum Gasteiger partial charge on any atom is 0.246 e. The minimum Gasteiger partial charge on any atom is -0.359 e. The molecule has 3 amide bonds.